The summed E-state index contributed by atoms with van der Waals surface area (Å²) in [6.07, 6.45) is 0. The van der Waals surface area contributed by atoms with Crippen LogP contribution < -0.4 is 16.3 Å². The number of aromatic amines is 1. The van der Waals surface area contributed by atoms with E-state index in [2.05, 4.69) is 41.3 Å². The molecule has 0 unspecified atom stereocenters. The number of hydrogen-bond acceptors (Lipinski definition) is 8. The van der Waals surface area contributed by atoms with Gasteiger partial charge < -0.3 is 4.68 Å². The van der Waals surface area contributed by atoms with Crippen molar-refractivity contribution < 1.29 is 10.1 Å². The molecule has 0 saturated carbocycles. The standard InChI is InChI=1S/C3H3N12O4/c16-14(17)6-2-4-8-10-12(2)1-13-3(5-9-11-13)7-15(18)19/h1H2,(H-,4,5,6,7,10,11)/q-1. The van der Waals surface area contributed by atoms with Gasteiger partial charge in [-0.05, 0) is 10.3 Å². The van der Waals surface area contributed by atoms with Gasteiger partial charge in [0.1, 0.15) is 10.1 Å². The summed E-state index contributed by atoms with van der Waals surface area (Å²) in [5, 5.41) is 43.1. The van der Waals surface area contributed by atoms with Crippen molar-refractivity contribution in [1.29, 1.82) is 0 Å². The third-order valence-corrected chi connectivity index (χ3v) is 1.68. The van der Waals surface area contributed by atoms with Gasteiger partial charge in [-0.25, -0.2) is 35.2 Å². The molecule has 0 aliphatic heterocycles. The number of aromatic nitrogens is 8. The zero-order chi connectivity index (χ0) is 13.8. The maximum atomic E-state index is 10.2. The van der Waals surface area contributed by atoms with Gasteiger partial charge in [-0.2, -0.15) is 5.21 Å². The van der Waals surface area contributed by atoms with Gasteiger partial charge in [0.05, 0.1) is 6.67 Å². The molecule has 1 N–H and O–H groups in total. The largest absolute Gasteiger partial charge is 0.338 e. The predicted octanol–water partition coefficient (Wildman–Crippen LogP) is -4.15. The van der Waals surface area contributed by atoms with E-state index >= 15 is 0 Å². The molecule has 0 spiro atoms. The summed E-state index contributed by atoms with van der Waals surface area (Å²) in [6.45, 7) is -0.278. The summed E-state index contributed by atoms with van der Waals surface area (Å²) in [5.74, 6) is 0. The van der Waals surface area contributed by atoms with E-state index in [0.717, 1.165) is 9.36 Å². The van der Waals surface area contributed by atoms with Crippen molar-refractivity contribution in [3.63, 3.8) is 0 Å². The van der Waals surface area contributed by atoms with Gasteiger partial charge in [0, 0.05) is 0 Å². The molecule has 2 aromatic heterocycles. The summed E-state index contributed by atoms with van der Waals surface area (Å²) in [4.78, 5) is 20.4. The molecule has 2 heterocycles. The zero-order valence-corrected chi connectivity index (χ0v) is 8.76. The van der Waals surface area contributed by atoms with E-state index in [4.69, 9.17) is 0 Å². The highest BCUT2D eigenvalue weighted by atomic mass is 16.7. The van der Waals surface area contributed by atoms with E-state index in [1.165, 1.54) is 0 Å². The minimum absolute atomic E-state index is 0.278. The lowest BCUT2D eigenvalue weighted by atomic mass is 10.9. The van der Waals surface area contributed by atoms with Crippen molar-refractivity contribution in [2.45, 2.75) is 6.67 Å². The van der Waals surface area contributed by atoms with Crippen molar-refractivity contribution >= 4 is 0 Å². The van der Waals surface area contributed by atoms with E-state index in [1.807, 2.05) is 0 Å². The first-order valence-electron chi connectivity index (χ1n) is 4.35. The second-order valence-corrected chi connectivity index (χ2v) is 2.82. The van der Waals surface area contributed by atoms with Gasteiger partial charge in [0.15, 0.2) is 10.7 Å². The molecule has 0 saturated heterocycles. The molecule has 2 rings (SSSR count). The van der Waals surface area contributed by atoms with Crippen molar-refractivity contribution in [1.82, 2.24) is 40.4 Å². The average Bonchev–Trinajstić information content (AvgIpc) is 2.89. The van der Waals surface area contributed by atoms with Crippen LogP contribution in [-0.4, -0.2) is 45.4 Å². The summed E-state index contributed by atoms with van der Waals surface area (Å²) >= 11 is 0. The Balaban J connectivity index is 2.38. The molecule has 0 atom stereocenters. The Hall–Kier alpha value is -3.46. The molecular weight excluding hydrogens is 268 g/mol. The molecule has 19 heavy (non-hydrogen) atoms. The van der Waals surface area contributed by atoms with Crippen LogP contribution in [0.5, 0.6) is 0 Å². The number of nitrogens with one attached hydrogen (secondary N) is 1. The Bertz CT molecular complexity index is 664. The van der Waals surface area contributed by atoms with E-state index in [9.17, 15) is 20.2 Å². The van der Waals surface area contributed by atoms with E-state index in [1.54, 1.807) is 0 Å². The van der Waals surface area contributed by atoms with Gasteiger partial charge in [-0.1, -0.05) is 5.10 Å². The van der Waals surface area contributed by atoms with Crippen LogP contribution in [-0.2, 0) is 6.67 Å². The second-order valence-electron chi connectivity index (χ2n) is 2.82. The van der Waals surface area contributed by atoms with Crippen LogP contribution in [0.2, 0.25) is 0 Å². The summed E-state index contributed by atoms with van der Waals surface area (Å²) < 4.78 is 1.87. The molecule has 0 aliphatic rings. The maximum absolute atomic E-state index is 10.2. The molecular formula is C3H3N12O4-. The molecule has 100 valence electrons. The molecule has 0 amide bonds. The highest BCUT2D eigenvalue weighted by molar-refractivity contribution is 4.52. The fourth-order valence-corrected chi connectivity index (χ4v) is 1.03. The Morgan fingerprint density at radius 1 is 1.32 bits per heavy atom. The van der Waals surface area contributed by atoms with Crippen molar-refractivity contribution in [3.8, 4) is 0 Å². The molecule has 0 radical (unpaired) electrons. The molecule has 0 fully saturated rings. The number of tetrazole rings is 2. The lowest BCUT2D eigenvalue weighted by Crippen LogP contribution is -2.31. The first-order chi connectivity index (χ1) is 9.06. The fourth-order valence-electron chi connectivity index (χ4n) is 1.03. The Kier molecular flexibility index (Phi) is 3.04. The molecule has 0 bridgehead atoms. The van der Waals surface area contributed by atoms with Crippen molar-refractivity contribution in [3.05, 3.63) is 31.5 Å². The SMILES string of the molecule is O=[N+]([O-])/N=c1/nn[nH]n1Cn1nn[n-]/c1=N\[N+](=O)[O-]. The van der Waals surface area contributed by atoms with E-state index in [-0.39, 0.29) is 12.3 Å². The number of hydrogen-bond donors (Lipinski definition) is 1. The number of rotatable bonds is 4. The highest BCUT2D eigenvalue weighted by Crippen LogP contribution is 1.75. The van der Waals surface area contributed by atoms with Crippen LogP contribution in [0.1, 0.15) is 0 Å². The lowest BCUT2D eigenvalue weighted by Gasteiger charge is -2.03. The van der Waals surface area contributed by atoms with Gasteiger partial charge in [0.2, 0.25) is 0 Å². The van der Waals surface area contributed by atoms with Crippen LogP contribution in [0.15, 0.2) is 10.2 Å². The van der Waals surface area contributed by atoms with Crippen LogP contribution >= 0.6 is 0 Å². The van der Waals surface area contributed by atoms with Crippen LogP contribution in [0, 0.1) is 20.2 Å². The minimum atomic E-state index is -0.986. The lowest BCUT2D eigenvalue weighted by molar-refractivity contribution is -0.491. The second kappa shape index (κ2) is 4.81. The Morgan fingerprint density at radius 3 is 2.74 bits per heavy atom. The quantitative estimate of drug-likeness (QED) is 0.422. The number of nitrogens with zero attached hydrogens (tertiary/aromatic N) is 11. The first-order valence-corrected chi connectivity index (χ1v) is 4.35. The van der Waals surface area contributed by atoms with E-state index < -0.39 is 15.7 Å². The van der Waals surface area contributed by atoms with Gasteiger partial charge in [0.25, 0.3) is 0 Å². The molecule has 0 aliphatic carbocycles. The Morgan fingerprint density at radius 2 is 2.05 bits per heavy atom. The van der Waals surface area contributed by atoms with Crippen molar-refractivity contribution in [2.75, 3.05) is 0 Å². The highest BCUT2D eigenvalue weighted by Gasteiger charge is 2.02. The smallest absolute Gasteiger partial charge is 0.305 e. The minimum Gasteiger partial charge on any atom is -0.305 e. The van der Waals surface area contributed by atoms with Gasteiger partial charge in [-0.3, -0.25) is 0 Å². The monoisotopic (exact) mass is 271 g/mol. The van der Waals surface area contributed by atoms with Gasteiger partial charge in [-0.15, -0.1) is 5.21 Å². The topological polar surface area (TPSA) is 202 Å². The molecule has 16 heteroatoms. The van der Waals surface area contributed by atoms with Crippen molar-refractivity contribution in [2.24, 2.45) is 10.2 Å². The fraction of sp³-hybridized carbons (Fsp3) is 0.333. The average molecular weight is 271 g/mol. The van der Waals surface area contributed by atoms with E-state index in [0.29, 0.717) is 0 Å². The zero-order valence-electron chi connectivity index (χ0n) is 8.76. The predicted molar refractivity (Wildman–Crippen MR) is 48.2 cm³/mol. The van der Waals surface area contributed by atoms with Gasteiger partial charge >= 0.3 is 5.62 Å². The molecule has 2 aromatic rings. The maximum Gasteiger partial charge on any atom is 0.338 e. The molecule has 0 aromatic carbocycles. The summed E-state index contributed by atoms with van der Waals surface area (Å²) in [5.41, 5.74) is -0.772. The number of H-pyrrole nitrogens is 1. The number of nitro groups is 2. The summed E-state index contributed by atoms with van der Waals surface area (Å²) in [7, 11) is 0. The van der Waals surface area contributed by atoms with Crippen LogP contribution in [0.25, 0.3) is 0 Å². The summed E-state index contributed by atoms with van der Waals surface area (Å²) in [6, 6.07) is 0. The van der Waals surface area contributed by atoms with Crippen LogP contribution in [0.4, 0.5) is 0 Å². The normalized spacial score (nSPS) is 12.8. The first kappa shape index (κ1) is 12.0. The third kappa shape index (κ3) is 2.81. The Labute approximate surface area is 99.9 Å². The van der Waals surface area contributed by atoms with Crippen LogP contribution in [0.3, 0.4) is 0 Å². The molecule has 16 nitrogen and oxygen atoms in total. The third-order valence-electron chi connectivity index (χ3n) is 1.68.